The zero-order chi connectivity index (χ0) is 15.8. The summed E-state index contributed by atoms with van der Waals surface area (Å²) in [5.74, 6) is 0. The van der Waals surface area contributed by atoms with Gasteiger partial charge in [-0.25, -0.2) is 0 Å². The number of benzene rings is 2. The molecule has 0 saturated heterocycles. The maximum absolute atomic E-state index is 10.7. The average molecular weight is 315 g/mol. The number of anilines is 1. The molecule has 0 heterocycles. The van der Waals surface area contributed by atoms with Crippen LogP contribution >= 0.6 is 12.2 Å². The number of nitro groups is 1. The number of non-ortho nitro benzene ring substituents is 1. The minimum atomic E-state index is -0.429. The van der Waals surface area contributed by atoms with E-state index in [0.29, 0.717) is 10.8 Å². The molecule has 0 unspecified atom stereocenters. The maximum Gasteiger partial charge on any atom is 0.271 e. The summed E-state index contributed by atoms with van der Waals surface area (Å²) < 4.78 is 0. The molecule has 2 N–H and O–H groups in total. The lowest BCUT2D eigenvalue weighted by Gasteiger charge is -2.10. The lowest BCUT2D eigenvalue weighted by molar-refractivity contribution is -0.384. The molecule has 0 aliphatic carbocycles. The Balaban J connectivity index is 1.74. The molecule has 0 fully saturated rings. The van der Waals surface area contributed by atoms with Gasteiger partial charge in [0.05, 0.1) is 4.92 Å². The summed E-state index contributed by atoms with van der Waals surface area (Å²) in [6, 6.07) is 16.5. The molecule has 114 valence electrons. The summed E-state index contributed by atoms with van der Waals surface area (Å²) in [7, 11) is 0. The van der Waals surface area contributed by atoms with E-state index in [0.717, 1.165) is 19.4 Å². The third-order valence-electron chi connectivity index (χ3n) is 3.09. The number of nitrogens with zero attached hydrogens (tertiary/aromatic N) is 1. The molecule has 0 saturated carbocycles. The highest BCUT2D eigenvalue weighted by molar-refractivity contribution is 7.80. The lowest BCUT2D eigenvalue weighted by atomic mass is 10.1. The van der Waals surface area contributed by atoms with Crippen LogP contribution in [0.4, 0.5) is 11.4 Å². The van der Waals surface area contributed by atoms with Gasteiger partial charge in [0.1, 0.15) is 0 Å². The van der Waals surface area contributed by atoms with Gasteiger partial charge in [-0.2, -0.15) is 0 Å². The van der Waals surface area contributed by atoms with E-state index in [1.807, 2.05) is 18.2 Å². The van der Waals surface area contributed by atoms with Crippen molar-refractivity contribution < 1.29 is 4.92 Å². The third kappa shape index (κ3) is 5.14. The second-order valence-electron chi connectivity index (χ2n) is 4.78. The first-order valence-electron chi connectivity index (χ1n) is 6.98. The van der Waals surface area contributed by atoms with Crippen LogP contribution < -0.4 is 10.6 Å². The van der Waals surface area contributed by atoms with E-state index in [1.165, 1.54) is 17.7 Å². The highest BCUT2D eigenvalue weighted by Gasteiger charge is 2.06. The Morgan fingerprint density at radius 3 is 2.64 bits per heavy atom. The Morgan fingerprint density at radius 1 is 1.14 bits per heavy atom. The Labute approximate surface area is 134 Å². The maximum atomic E-state index is 10.7. The van der Waals surface area contributed by atoms with Crippen molar-refractivity contribution in [2.24, 2.45) is 0 Å². The van der Waals surface area contributed by atoms with Gasteiger partial charge in [0, 0.05) is 24.4 Å². The smallest absolute Gasteiger partial charge is 0.271 e. The average Bonchev–Trinajstić information content (AvgIpc) is 2.53. The molecule has 22 heavy (non-hydrogen) atoms. The zero-order valence-electron chi connectivity index (χ0n) is 12.0. The number of rotatable bonds is 6. The molecule has 2 aromatic rings. The number of nitro benzene ring substituents is 1. The van der Waals surface area contributed by atoms with Gasteiger partial charge in [-0.15, -0.1) is 0 Å². The van der Waals surface area contributed by atoms with Gasteiger partial charge >= 0.3 is 0 Å². The molecule has 0 amide bonds. The van der Waals surface area contributed by atoms with Crippen LogP contribution in [0.2, 0.25) is 0 Å². The quantitative estimate of drug-likeness (QED) is 0.369. The van der Waals surface area contributed by atoms with Crippen molar-refractivity contribution in [1.29, 1.82) is 0 Å². The van der Waals surface area contributed by atoms with Crippen LogP contribution in [0, 0.1) is 10.1 Å². The van der Waals surface area contributed by atoms with Crippen LogP contribution in [-0.2, 0) is 6.42 Å². The van der Waals surface area contributed by atoms with Crippen molar-refractivity contribution in [3.05, 3.63) is 70.3 Å². The van der Waals surface area contributed by atoms with Gasteiger partial charge < -0.3 is 10.6 Å². The van der Waals surface area contributed by atoms with E-state index < -0.39 is 4.92 Å². The molecule has 0 bridgehead atoms. The molecule has 2 rings (SSSR count). The molecule has 0 atom stereocenters. The number of hydrogen-bond donors (Lipinski definition) is 2. The number of nitrogens with one attached hydrogen (secondary N) is 2. The van der Waals surface area contributed by atoms with Crippen LogP contribution in [0.25, 0.3) is 0 Å². The largest absolute Gasteiger partial charge is 0.362 e. The molecule has 0 aliphatic rings. The molecule has 0 aromatic heterocycles. The number of hydrogen-bond acceptors (Lipinski definition) is 3. The third-order valence-corrected chi connectivity index (χ3v) is 3.33. The Kier molecular flexibility index (Phi) is 5.85. The highest BCUT2D eigenvalue weighted by Crippen LogP contribution is 2.16. The van der Waals surface area contributed by atoms with Crippen molar-refractivity contribution >= 4 is 28.7 Å². The monoisotopic (exact) mass is 315 g/mol. The Bertz CT molecular complexity index is 647. The normalized spacial score (nSPS) is 10.0. The fraction of sp³-hybridized carbons (Fsp3) is 0.188. The van der Waals surface area contributed by atoms with E-state index >= 15 is 0 Å². The zero-order valence-corrected chi connectivity index (χ0v) is 12.8. The summed E-state index contributed by atoms with van der Waals surface area (Å²) >= 11 is 5.18. The summed E-state index contributed by atoms with van der Waals surface area (Å²) in [6.07, 6.45) is 1.94. The predicted octanol–water partition coefficient (Wildman–Crippen LogP) is 3.51. The van der Waals surface area contributed by atoms with Crippen LogP contribution in [0.3, 0.4) is 0 Å². The summed E-state index contributed by atoms with van der Waals surface area (Å²) in [5.41, 5.74) is 1.94. The van der Waals surface area contributed by atoms with Crippen molar-refractivity contribution in [2.75, 3.05) is 11.9 Å². The molecule has 0 radical (unpaired) electrons. The van der Waals surface area contributed by atoms with Gasteiger partial charge in [-0.3, -0.25) is 10.1 Å². The SMILES string of the molecule is O=[N+]([O-])c1cccc(NC(=S)NCCCc2ccccc2)c1. The number of thiocarbonyl (C=S) groups is 1. The standard InChI is InChI=1S/C16H17N3O2S/c20-19(21)15-10-4-9-14(12-15)18-16(22)17-11-5-8-13-6-2-1-3-7-13/h1-4,6-7,9-10,12H,5,8,11H2,(H2,17,18,22). The Morgan fingerprint density at radius 2 is 1.91 bits per heavy atom. The lowest BCUT2D eigenvalue weighted by Crippen LogP contribution is -2.29. The van der Waals surface area contributed by atoms with Gasteiger partial charge in [0.25, 0.3) is 5.69 Å². The molecule has 6 heteroatoms. The first-order valence-corrected chi connectivity index (χ1v) is 7.39. The first-order chi connectivity index (χ1) is 10.6. The number of aryl methyl sites for hydroxylation is 1. The van der Waals surface area contributed by atoms with E-state index in [2.05, 4.69) is 22.8 Å². The first kappa shape index (κ1) is 15.9. The molecule has 2 aromatic carbocycles. The predicted molar refractivity (Wildman–Crippen MR) is 92.1 cm³/mol. The molecule has 0 spiro atoms. The van der Waals surface area contributed by atoms with Gasteiger partial charge in [0.15, 0.2) is 5.11 Å². The molecular weight excluding hydrogens is 298 g/mol. The van der Waals surface area contributed by atoms with Crippen LogP contribution in [0.15, 0.2) is 54.6 Å². The fourth-order valence-corrected chi connectivity index (χ4v) is 2.23. The highest BCUT2D eigenvalue weighted by atomic mass is 32.1. The molecule has 5 nitrogen and oxygen atoms in total. The van der Waals surface area contributed by atoms with Crippen molar-refractivity contribution in [3.63, 3.8) is 0 Å². The van der Waals surface area contributed by atoms with Crippen LogP contribution in [-0.4, -0.2) is 16.6 Å². The minimum Gasteiger partial charge on any atom is -0.362 e. The fourth-order valence-electron chi connectivity index (χ4n) is 2.01. The summed E-state index contributed by atoms with van der Waals surface area (Å²) in [6.45, 7) is 0.746. The van der Waals surface area contributed by atoms with Crippen LogP contribution in [0.5, 0.6) is 0 Å². The summed E-state index contributed by atoms with van der Waals surface area (Å²) in [4.78, 5) is 10.3. The van der Waals surface area contributed by atoms with Crippen molar-refractivity contribution in [1.82, 2.24) is 5.32 Å². The Hall–Kier alpha value is -2.47. The van der Waals surface area contributed by atoms with E-state index in [4.69, 9.17) is 12.2 Å². The van der Waals surface area contributed by atoms with Gasteiger partial charge in [-0.1, -0.05) is 36.4 Å². The van der Waals surface area contributed by atoms with Gasteiger partial charge in [-0.05, 0) is 36.7 Å². The van der Waals surface area contributed by atoms with E-state index in [-0.39, 0.29) is 5.69 Å². The van der Waals surface area contributed by atoms with E-state index in [9.17, 15) is 10.1 Å². The molecular formula is C16H17N3O2S. The topological polar surface area (TPSA) is 67.2 Å². The second kappa shape index (κ2) is 8.09. The molecule has 0 aliphatic heterocycles. The van der Waals surface area contributed by atoms with Crippen LogP contribution in [0.1, 0.15) is 12.0 Å². The second-order valence-corrected chi connectivity index (χ2v) is 5.19. The minimum absolute atomic E-state index is 0.0388. The van der Waals surface area contributed by atoms with E-state index in [1.54, 1.807) is 12.1 Å². The van der Waals surface area contributed by atoms with Crippen molar-refractivity contribution in [3.8, 4) is 0 Å². The van der Waals surface area contributed by atoms with Gasteiger partial charge in [0.2, 0.25) is 0 Å². The van der Waals surface area contributed by atoms with Crippen molar-refractivity contribution in [2.45, 2.75) is 12.8 Å². The summed E-state index contributed by atoms with van der Waals surface area (Å²) in [5, 5.41) is 17.2.